The first kappa shape index (κ1) is 19.1. The van der Waals surface area contributed by atoms with Crippen molar-refractivity contribution in [3.05, 3.63) is 101 Å². The smallest absolute Gasteiger partial charge is 0.255 e. The fourth-order valence-corrected chi connectivity index (χ4v) is 4.49. The first-order chi connectivity index (χ1) is 15.0. The number of benzene rings is 3. The maximum absolute atomic E-state index is 13.3. The summed E-state index contributed by atoms with van der Waals surface area (Å²) in [5.41, 5.74) is 6.49. The fraction of sp³-hybridized carbons (Fsp3) is 0.154. The highest BCUT2D eigenvalue weighted by molar-refractivity contribution is 6.04. The number of nitrogens with zero attached hydrogens (tertiary/aromatic N) is 1. The summed E-state index contributed by atoms with van der Waals surface area (Å²) in [5.74, 6) is -0.336. The SMILES string of the molecule is Cc1ccc(NC(=O)CN2C(=O)c3ccccc3[C@H]2c2c(C)[nH]c3ccccc23)cc1. The highest BCUT2D eigenvalue weighted by Crippen LogP contribution is 2.42. The Labute approximate surface area is 180 Å². The number of hydrogen-bond donors (Lipinski definition) is 2. The Morgan fingerprint density at radius 1 is 0.968 bits per heavy atom. The van der Waals surface area contributed by atoms with E-state index in [1.807, 2.05) is 80.6 Å². The largest absolute Gasteiger partial charge is 0.358 e. The Kier molecular flexibility index (Phi) is 4.59. The van der Waals surface area contributed by atoms with E-state index in [9.17, 15) is 9.59 Å². The lowest BCUT2D eigenvalue weighted by atomic mass is 9.95. The van der Waals surface area contributed by atoms with Crippen LogP contribution in [0.2, 0.25) is 0 Å². The zero-order chi connectivity index (χ0) is 21.5. The van der Waals surface area contributed by atoms with Gasteiger partial charge in [-0.2, -0.15) is 0 Å². The first-order valence-corrected chi connectivity index (χ1v) is 10.4. The summed E-state index contributed by atoms with van der Waals surface area (Å²) in [6.45, 7) is 4.00. The lowest BCUT2D eigenvalue weighted by molar-refractivity contribution is -0.117. The summed E-state index contributed by atoms with van der Waals surface area (Å²) < 4.78 is 0. The van der Waals surface area contributed by atoms with E-state index in [-0.39, 0.29) is 24.4 Å². The zero-order valence-electron chi connectivity index (χ0n) is 17.5. The Hall–Kier alpha value is -3.86. The van der Waals surface area contributed by atoms with Crippen LogP contribution >= 0.6 is 0 Å². The number of hydrogen-bond acceptors (Lipinski definition) is 2. The van der Waals surface area contributed by atoms with E-state index in [4.69, 9.17) is 0 Å². The van der Waals surface area contributed by atoms with Crippen LogP contribution in [0.15, 0.2) is 72.8 Å². The molecule has 0 bridgehead atoms. The van der Waals surface area contributed by atoms with E-state index in [2.05, 4.69) is 16.4 Å². The minimum Gasteiger partial charge on any atom is -0.358 e. The Morgan fingerprint density at radius 2 is 1.68 bits per heavy atom. The van der Waals surface area contributed by atoms with Crippen molar-refractivity contribution in [2.75, 3.05) is 11.9 Å². The zero-order valence-corrected chi connectivity index (χ0v) is 17.5. The molecule has 5 nitrogen and oxygen atoms in total. The number of aryl methyl sites for hydroxylation is 2. The number of carbonyl (C=O) groups is 2. The predicted octanol–water partition coefficient (Wildman–Crippen LogP) is 4.97. The number of amides is 2. The van der Waals surface area contributed by atoms with Gasteiger partial charge in [0.05, 0.1) is 6.04 Å². The van der Waals surface area contributed by atoms with Crippen molar-refractivity contribution in [1.82, 2.24) is 9.88 Å². The third kappa shape index (κ3) is 3.28. The highest BCUT2D eigenvalue weighted by Gasteiger charge is 2.40. The third-order valence-corrected chi connectivity index (χ3v) is 5.92. The van der Waals surface area contributed by atoms with Gasteiger partial charge >= 0.3 is 0 Å². The predicted molar refractivity (Wildman–Crippen MR) is 122 cm³/mol. The van der Waals surface area contributed by atoms with Gasteiger partial charge in [-0.3, -0.25) is 9.59 Å². The molecule has 0 spiro atoms. The van der Waals surface area contributed by atoms with Gasteiger partial charge in [0.2, 0.25) is 5.91 Å². The molecule has 2 heterocycles. The first-order valence-electron chi connectivity index (χ1n) is 10.4. The van der Waals surface area contributed by atoms with Gasteiger partial charge in [0.1, 0.15) is 6.54 Å². The van der Waals surface area contributed by atoms with E-state index in [1.165, 1.54) is 0 Å². The van der Waals surface area contributed by atoms with Crippen molar-refractivity contribution in [2.45, 2.75) is 19.9 Å². The lowest BCUT2D eigenvalue weighted by Gasteiger charge is -2.25. The van der Waals surface area contributed by atoms with Crippen LogP contribution in [0.5, 0.6) is 0 Å². The van der Waals surface area contributed by atoms with Crippen molar-refractivity contribution < 1.29 is 9.59 Å². The average molecular weight is 409 g/mol. The van der Waals surface area contributed by atoms with Crippen LogP contribution in [-0.4, -0.2) is 28.2 Å². The summed E-state index contributed by atoms with van der Waals surface area (Å²) in [5, 5.41) is 3.99. The van der Waals surface area contributed by atoms with Crippen LogP contribution in [0.3, 0.4) is 0 Å². The average Bonchev–Trinajstić information content (AvgIpc) is 3.23. The van der Waals surface area contributed by atoms with Gasteiger partial charge in [-0.25, -0.2) is 0 Å². The van der Waals surface area contributed by atoms with E-state index in [1.54, 1.807) is 4.90 Å². The topological polar surface area (TPSA) is 65.2 Å². The second-order valence-corrected chi connectivity index (χ2v) is 8.05. The molecule has 0 fully saturated rings. The van der Waals surface area contributed by atoms with Gasteiger partial charge in [0.15, 0.2) is 0 Å². The molecule has 1 aliphatic rings. The summed E-state index contributed by atoms with van der Waals surface area (Å²) in [4.78, 5) is 31.3. The van der Waals surface area contributed by atoms with Crippen molar-refractivity contribution in [1.29, 1.82) is 0 Å². The number of para-hydroxylation sites is 1. The summed E-state index contributed by atoms with van der Waals surface area (Å²) in [6, 6.07) is 23.0. The molecule has 0 unspecified atom stereocenters. The molecule has 0 radical (unpaired) electrons. The molecule has 4 aromatic rings. The van der Waals surface area contributed by atoms with E-state index in [0.717, 1.165) is 39.0 Å². The van der Waals surface area contributed by atoms with Gasteiger partial charge in [-0.1, -0.05) is 54.1 Å². The number of H-pyrrole nitrogens is 1. The monoisotopic (exact) mass is 409 g/mol. The van der Waals surface area contributed by atoms with Crippen molar-refractivity contribution in [3.63, 3.8) is 0 Å². The number of aromatic amines is 1. The molecule has 154 valence electrons. The molecular formula is C26H23N3O2. The van der Waals surface area contributed by atoms with Crippen LogP contribution in [0.25, 0.3) is 10.9 Å². The molecule has 5 heteroatoms. The molecule has 0 saturated carbocycles. The highest BCUT2D eigenvalue weighted by atomic mass is 16.2. The van der Waals surface area contributed by atoms with E-state index in [0.29, 0.717) is 5.56 Å². The molecule has 5 rings (SSSR count). The van der Waals surface area contributed by atoms with Crippen molar-refractivity contribution >= 4 is 28.4 Å². The molecule has 1 aromatic heterocycles. The number of carbonyl (C=O) groups excluding carboxylic acids is 2. The molecule has 0 saturated heterocycles. The third-order valence-electron chi connectivity index (χ3n) is 5.92. The van der Waals surface area contributed by atoms with E-state index < -0.39 is 0 Å². The fourth-order valence-electron chi connectivity index (χ4n) is 4.49. The minimum absolute atomic E-state index is 0.0228. The van der Waals surface area contributed by atoms with Crippen LogP contribution < -0.4 is 5.32 Å². The van der Waals surface area contributed by atoms with Crippen molar-refractivity contribution in [2.24, 2.45) is 0 Å². The quantitative estimate of drug-likeness (QED) is 0.500. The van der Waals surface area contributed by atoms with Gasteiger partial charge in [0, 0.05) is 33.4 Å². The molecular weight excluding hydrogens is 386 g/mol. The maximum atomic E-state index is 13.3. The summed E-state index contributed by atoms with van der Waals surface area (Å²) in [6.07, 6.45) is 0. The molecule has 3 aromatic carbocycles. The van der Waals surface area contributed by atoms with Crippen LogP contribution in [0.4, 0.5) is 5.69 Å². The van der Waals surface area contributed by atoms with Gasteiger partial charge in [-0.05, 0) is 43.7 Å². The summed E-state index contributed by atoms with van der Waals surface area (Å²) >= 11 is 0. The normalized spacial score (nSPS) is 15.4. The second-order valence-electron chi connectivity index (χ2n) is 8.05. The Bertz CT molecular complexity index is 1300. The van der Waals surface area contributed by atoms with Gasteiger partial charge < -0.3 is 15.2 Å². The maximum Gasteiger partial charge on any atom is 0.255 e. The molecule has 1 aliphatic heterocycles. The van der Waals surface area contributed by atoms with Crippen LogP contribution in [0.1, 0.15) is 38.8 Å². The number of nitrogens with one attached hydrogen (secondary N) is 2. The number of anilines is 1. The van der Waals surface area contributed by atoms with Gasteiger partial charge in [0.25, 0.3) is 5.91 Å². The number of fused-ring (bicyclic) bond motifs is 2. The number of rotatable bonds is 4. The molecule has 31 heavy (non-hydrogen) atoms. The lowest BCUT2D eigenvalue weighted by Crippen LogP contribution is -2.36. The van der Waals surface area contributed by atoms with Gasteiger partial charge in [-0.15, -0.1) is 0 Å². The van der Waals surface area contributed by atoms with Crippen LogP contribution in [0, 0.1) is 13.8 Å². The standard InChI is InChI=1S/C26H23N3O2/c1-16-11-13-18(14-12-16)28-23(30)15-29-25(19-7-3-4-8-20(19)26(29)31)24-17(2)27-22-10-6-5-9-21(22)24/h3-14,25,27H,15H2,1-2H3,(H,28,30)/t25-/m0/s1. The van der Waals surface area contributed by atoms with E-state index >= 15 is 0 Å². The minimum atomic E-state index is -0.316. The van der Waals surface area contributed by atoms with Crippen LogP contribution in [-0.2, 0) is 4.79 Å². The van der Waals surface area contributed by atoms with Crippen molar-refractivity contribution in [3.8, 4) is 0 Å². The molecule has 2 N–H and O–H groups in total. The molecule has 1 atom stereocenters. The Balaban J connectivity index is 1.54. The summed E-state index contributed by atoms with van der Waals surface area (Å²) in [7, 11) is 0. The Morgan fingerprint density at radius 3 is 2.48 bits per heavy atom. The molecule has 0 aliphatic carbocycles. The second kappa shape index (κ2) is 7.43. The molecule has 2 amide bonds. The number of aromatic nitrogens is 1.